The van der Waals surface area contributed by atoms with Gasteiger partial charge in [0.2, 0.25) is 0 Å². The van der Waals surface area contributed by atoms with E-state index in [0.29, 0.717) is 16.4 Å². The molecule has 0 aliphatic heterocycles. The van der Waals surface area contributed by atoms with Gasteiger partial charge in [0, 0.05) is 10.6 Å². The Balaban J connectivity index is 2.30. The van der Waals surface area contributed by atoms with Crippen LogP contribution in [0.25, 0.3) is 0 Å². The van der Waals surface area contributed by atoms with Gasteiger partial charge in [-0.25, -0.2) is 0 Å². The first-order valence-electron chi connectivity index (χ1n) is 8.87. The summed E-state index contributed by atoms with van der Waals surface area (Å²) in [6.07, 6.45) is 0.0134. The van der Waals surface area contributed by atoms with Gasteiger partial charge in [-0.1, -0.05) is 42.3 Å². The molecule has 0 heterocycles. The van der Waals surface area contributed by atoms with Crippen molar-refractivity contribution in [3.8, 4) is 5.75 Å². The predicted molar refractivity (Wildman–Crippen MR) is 115 cm³/mol. The highest BCUT2D eigenvalue weighted by Gasteiger charge is 2.25. The third kappa shape index (κ3) is 5.79. The molecule has 6 nitrogen and oxygen atoms in total. The van der Waals surface area contributed by atoms with Gasteiger partial charge in [-0.2, -0.15) is 5.06 Å². The molecule has 1 N–H and O–H groups in total. The van der Waals surface area contributed by atoms with Crippen LogP contribution in [-0.4, -0.2) is 40.5 Å². The number of hydrogen-bond donors (Lipinski definition) is 1. The topological polar surface area (TPSA) is 79.7 Å². The van der Waals surface area contributed by atoms with Gasteiger partial charge in [-0.05, 0) is 36.8 Å². The van der Waals surface area contributed by atoms with Gasteiger partial charge < -0.3 is 4.74 Å². The number of nitrogens with one attached hydrogen (secondary N) is 1. The number of nitrogens with zero attached hydrogens (tertiary/aromatic N) is 1. The van der Waals surface area contributed by atoms with Gasteiger partial charge in [0.15, 0.2) is 5.84 Å². The van der Waals surface area contributed by atoms with Crippen LogP contribution in [0.1, 0.15) is 25.0 Å². The summed E-state index contributed by atoms with van der Waals surface area (Å²) in [6, 6.07) is 10.0. The molecule has 0 saturated heterocycles. The molecular formula is C20H22Cl2N2O4S. The first-order chi connectivity index (χ1) is 13.8. The van der Waals surface area contributed by atoms with Crippen molar-refractivity contribution in [2.75, 3.05) is 19.5 Å². The highest BCUT2D eigenvalue weighted by Crippen LogP contribution is 2.30. The Morgan fingerprint density at radius 3 is 2.21 bits per heavy atom. The van der Waals surface area contributed by atoms with Crippen molar-refractivity contribution in [2.45, 2.75) is 25.2 Å². The third-order valence-electron chi connectivity index (χ3n) is 3.98. The number of ether oxygens (including phenoxy) is 1. The molecule has 0 bridgehead atoms. The number of carbonyl (C=O) groups excluding carboxylic acids is 1. The number of rotatable bonds is 8. The zero-order chi connectivity index (χ0) is 21.6. The minimum Gasteiger partial charge on any atom is -0.497 e. The Labute approximate surface area is 182 Å². The van der Waals surface area contributed by atoms with E-state index < -0.39 is 16.7 Å². The fourth-order valence-corrected chi connectivity index (χ4v) is 4.18. The summed E-state index contributed by atoms with van der Waals surface area (Å²) in [5.74, 6) is 0.359. The molecule has 9 heteroatoms. The SMILES string of the molecule is CCON(C(=N)c1c(Cl)cc(S(=O)CC)cc1Cl)C(=O)Cc1ccc(OC)cc1. The average Bonchev–Trinajstić information content (AvgIpc) is 2.71. The molecule has 0 fully saturated rings. The number of halogens is 2. The summed E-state index contributed by atoms with van der Waals surface area (Å²) in [5.41, 5.74) is 0.876. The second kappa shape index (κ2) is 10.7. The summed E-state index contributed by atoms with van der Waals surface area (Å²) in [7, 11) is 0.317. The molecule has 0 saturated carbocycles. The number of methoxy groups -OCH3 is 1. The molecule has 2 aromatic carbocycles. The lowest BCUT2D eigenvalue weighted by Gasteiger charge is -2.23. The van der Waals surface area contributed by atoms with E-state index in [2.05, 4.69) is 0 Å². The lowest BCUT2D eigenvalue weighted by atomic mass is 10.1. The lowest BCUT2D eigenvalue weighted by molar-refractivity contribution is -0.161. The van der Waals surface area contributed by atoms with Gasteiger partial charge in [0.25, 0.3) is 5.91 Å². The molecule has 2 rings (SSSR count). The first kappa shape index (κ1) is 23.3. The first-order valence-corrected chi connectivity index (χ1v) is 10.9. The standard InChI is InChI=1S/C20H22Cl2N2O4S/c1-4-28-24(18(25)10-13-6-8-14(27-3)9-7-13)20(23)19-16(21)11-15(12-17(19)22)29(26)5-2/h6-9,11-12,23H,4-5,10H2,1-3H3. The minimum absolute atomic E-state index is 0.0134. The second-order valence-corrected chi connectivity index (χ2v) is 8.43. The maximum atomic E-state index is 12.8. The summed E-state index contributed by atoms with van der Waals surface area (Å²) in [4.78, 5) is 18.7. The molecule has 0 aromatic heterocycles. The normalized spacial score (nSPS) is 11.8. The maximum absolute atomic E-state index is 12.8. The van der Waals surface area contributed by atoms with E-state index in [0.717, 1.165) is 10.6 Å². The second-order valence-electron chi connectivity index (χ2n) is 5.88. The fourth-order valence-electron chi connectivity index (χ4n) is 2.56. The number of hydrogen-bond acceptors (Lipinski definition) is 5. The summed E-state index contributed by atoms with van der Waals surface area (Å²) in [5, 5.41) is 9.61. The molecule has 1 atom stereocenters. The highest BCUT2D eigenvalue weighted by atomic mass is 35.5. The molecule has 1 amide bonds. The van der Waals surface area contributed by atoms with E-state index in [-0.39, 0.29) is 34.5 Å². The zero-order valence-corrected chi connectivity index (χ0v) is 18.7. The van der Waals surface area contributed by atoms with Gasteiger partial charge in [0.05, 0.1) is 46.5 Å². The quantitative estimate of drug-likeness (QED) is 0.360. The Morgan fingerprint density at radius 2 is 1.72 bits per heavy atom. The number of hydroxylamine groups is 2. The highest BCUT2D eigenvalue weighted by molar-refractivity contribution is 7.85. The van der Waals surface area contributed by atoms with Gasteiger partial charge in [-0.15, -0.1) is 0 Å². The van der Waals surface area contributed by atoms with Crippen LogP contribution in [0.3, 0.4) is 0 Å². The number of amidine groups is 1. The van der Waals surface area contributed by atoms with E-state index in [1.807, 2.05) is 0 Å². The van der Waals surface area contributed by atoms with Crippen molar-refractivity contribution in [3.63, 3.8) is 0 Å². The van der Waals surface area contributed by atoms with Crippen LogP contribution >= 0.6 is 23.2 Å². The molecule has 2 aromatic rings. The van der Waals surface area contributed by atoms with Crippen LogP contribution in [0.15, 0.2) is 41.3 Å². The zero-order valence-electron chi connectivity index (χ0n) is 16.3. The van der Waals surface area contributed by atoms with E-state index in [1.54, 1.807) is 45.2 Å². The number of carbonyl (C=O) groups is 1. The summed E-state index contributed by atoms with van der Waals surface area (Å²) in [6.45, 7) is 3.66. The van der Waals surface area contributed by atoms with Crippen molar-refractivity contribution in [1.82, 2.24) is 5.06 Å². The Hall–Kier alpha value is -1.93. The smallest absolute Gasteiger partial charge is 0.256 e. The van der Waals surface area contributed by atoms with Crippen LogP contribution < -0.4 is 4.74 Å². The molecule has 0 aliphatic rings. The van der Waals surface area contributed by atoms with E-state index in [9.17, 15) is 9.00 Å². The van der Waals surface area contributed by atoms with Crippen LogP contribution in [-0.2, 0) is 26.9 Å². The van der Waals surface area contributed by atoms with Crippen molar-refractivity contribution in [2.24, 2.45) is 0 Å². The van der Waals surface area contributed by atoms with Crippen LogP contribution in [0.2, 0.25) is 10.0 Å². The fraction of sp³-hybridized carbons (Fsp3) is 0.300. The largest absolute Gasteiger partial charge is 0.497 e. The monoisotopic (exact) mass is 456 g/mol. The van der Waals surface area contributed by atoms with Gasteiger partial charge in [-0.3, -0.25) is 19.3 Å². The number of benzene rings is 2. The maximum Gasteiger partial charge on any atom is 0.256 e. The molecule has 156 valence electrons. The molecule has 1 unspecified atom stereocenters. The third-order valence-corrected chi connectivity index (χ3v) is 5.86. The molecule has 0 radical (unpaired) electrons. The number of amides is 1. The van der Waals surface area contributed by atoms with E-state index in [1.165, 1.54) is 12.1 Å². The van der Waals surface area contributed by atoms with Crippen molar-refractivity contribution < 1.29 is 18.6 Å². The van der Waals surface area contributed by atoms with E-state index in [4.69, 9.17) is 38.2 Å². The van der Waals surface area contributed by atoms with E-state index >= 15 is 0 Å². The Bertz CT molecular complexity index is 896. The summed E-state index contributed by atoms with van der Waals surface area (Å²) < 4.78 is 17.1. The van der Waals surface area contributed by atoms with Crippen molar-refractivity contribution >= 4 is 45.7 Å². The molecule has 0 aliphatic carbocycles. The Kier molecular flexibility index (Phi) is 8.64. The predicted octanol–water partition coefficient (Wildman–Crippen LogP) is 4.48. The van der Waals surface area contributed by atoms with Crippen molar-refractivity contribution in [1.29, 1.82) is 5.41 Å². The minimum atomic E-state index is -1.25. The molecule has 0 spiro atoms. The van der Waals surface area contributed by atoms with Crippen LogP contribution in [0, 0.1) is 5.41 Å². The van der Waals surface area contributed by atoms with Gasteiger partial charge >= 0.3 is 0 Å². The lowest BCUT2D eigenvalue weighted by Crippen LogP contribution is -2.38. The average molecular weight is 457 g/mol. The summed E-state index contributed by atoms with van der Waals surface area (Å²) >= 11 is 12.6. The Morgan fingerprint density at radius 1 is 1.14 bits per heavy atom. The van der Waals surface area contributed by atoms with Crippen LogP contribution in [0.4, 0.5) is 0 Å². The molecular weight excluding hydrogens is 435 g/mol. The van der Waals surface area contributed by atoms with Crippen LogP contribution in [0.5, 0.6) is 5.75 Å². The van der Waals surface area contributed by atoms with Gasteiger partial charge in [0.1, 0.15) is 5.75 Å². The molecule has 29 heavy (non-hydrogen) atoms. The van der Waals surface area contributed by atoms with Crippen molar-refractivity contribution in [3.05, 3.63) is 57.6 Å².